The van der Waals surface area contributed by atoms with Crippen LogP contribution in [0.2, 0.25) is 0 Å². The van der Waals surface area contributed by atoms with Crippen molar-refractivity contribution in [2.45, 2.75) is 32.5 Å². The van der Waals surface area contributed by atoms with Crippen molar-refractivity contribution in [3.63, 3.8) is 0 Å². The molecule has 1 unspecified atom stereocenters. The minimum atomic E-state index is -0.510. The first-order valence-corrected chi connectivity index (χ1v) is 6.86. The Bertz CT molecular complexity index is 465. The first-order chi connectivity index (χ1) is 8.65. The van der Waals surface area contributed by atoms with Crippen LogP contribution in [0, 0.1) is 0 Å². The maximum Gasteiger partial charge on any atom is 0.119 e. The van der Waals surface area contributed by atoms with Gasteiger partial charge in [0, 0.05) is 18.0 Å². The van der Waals surface area contributed by atoms with Gasteiger partial charge in [0.2, 0.25) is 0 Å². The molecule has 2 aromatic rings. The van der Waals surface area contributed by atoms with E-state index in [1.807, 2.05) is 43.5 Å². The number of aliphatic hydroxyl groups excluding tert-OH is 1. The zero-order valence-corrected chi connectivity index (χ0v) is 11.4. The highest BCUT2D eigenvalue weighted by Crippen LogP contribution is 2.22. The van der Waals surface area contributed by atoms with E-state index in [9.17, 15) is 5.11 Å². The van der Waals surface area contributed by atoms with E-state index in [1.165, 1.54) is 0 Å². The van der Waals surface area contributed by atoms with Crippen LogP contribution in [0.4, 0.5) is 0 Å². The van der Waals surface area contributed by atoms with Gasteiger partial charge in [-0.2, -0.15) is 0 Å². The predicted octanol–water partition coefficient (Wildman–Crippen LogP) is 3.21. The molecular weight excluding hydrogens is 246 g/mol. The van der Waals surface area contributed by atoms with Crippen molar-refractivity contribution in [2.24, 2.45) is 0 Å². The fourth-order valence-electron chi connectivity index (χ4n) is 1.68. The molecule has 18 heavy (non-hydrogen) atoms. The minimum Gasteiger partial charge on any atom is -0.491 e. The molecule has 0 aliphatic carbocycles. The second-order valence-electron chi connectivity index (χ2n) is 4.38. The van der Waals surface area contributed by atoms with Crippen LogP contribution in [-0.2, 0) is 6.42 Å². The van der Waals surface area contributed by atoms with Gasteiger partial charge in [-0.3, -0.25) is 0 Å². The number of ether oxygens (including phenoxy) is 1. The van der Waals surface area contributed by atoms with Crippen molar-refractivity contribution in [1.29, 1.82) is 0 Å². The van der Waals surface area contributed by atoms with Gasteiger partial charge in [-0.05, 0) is 31.5 Å². The van der Waals surface area contributed by atoms with Crippen LogP contribution < -0.4 is 4.74 Å². The Labute approximate surface area is 111 Å². The summed E-state index contributed by atoms with van der Waals surface area (Å²) < 4.78 is 5.56. The largest absolute Gasteiger partial charge is 0.491 e. The Balaban J connectivity index is 2.00. The third kappa shape index (κ3) is 3.55. The van der Waals surface area contributed by atoms with E-state index in [0.717, 1.165) is 16.3 Å². The topological polar surface area (TPSA) is 42.4 Å². The van der Waals surface area contributed by atoms with Crippen LogP contribution in [0.1, 0.15) is 30.5 Å². The van der Waals surface area contributed by atoms with Gasteiger partial charge in [-0.1, -0.05) is 12.1 Å². The third-order valence-electron chi connectivity index (χ3n) is 2.49. The molecular formula is C14H17NO2S. The Morgan fingerprint density at radius 3 is 2.56 bits per heavy atom. The second kappa shape index (κ2) is 5.98. The molecule has 0 radical (unpaired) electrons. The van der Waals surface area contributed by atoms with E-state index in [4.69, 9.17) is 4.74 Å². The number of hydrogen-bond donors (Lipinski definition) is 1. The normalized spacial score (nSPS) is 12.7. The van der Waals surface area contributed by atoms with Crippen LogP contribution in [0.5, 0.6) is 5.75 Å². The van der Waals surface area contributed by atoms with Crippen LogP contribution in [0.3, 0.4) is 0 Å². The van der Waals surface area contributed by atoms with Crippen LogP contribution in [0.25, 0.3) is 0 Å². The molecule has 1 N–H and O–H groups in total. The maximum absolute atomic E-state index is 10.1. The highest BCUT2D eigenvalue weighted by molar-refractivity contribution is 7.09. The lowest BCUT2D eigenvalue weighted by Crippen LogP contribution is -2.06. The number of benzene rings is 1. The smallest absolute Gasteiger partial charge is 0.119 e. The number of aliphatic hydroxyl groups is 1. The Morgan fingerprint density at radius 2 is 2.00 bits per heavy atom. The van der Waals surface area contributed by atoms with Crippen LogP contribution in [-0.4, -0.2) is 16.2 Å². The zero-order valence-electron chi connectivity index (χ0n) is 10.5. The van der Waals surface area contributed by atoms with Crippen molar-refractivity contribution in [1.82, 2.24) is 4.98 Å². The summed E-state index contributed by atoms with van der Waals surface area (Å²) in [6.07, 6.45) is 1.97. The quantitative estimate of drug-likeness (QED) is 0.900. The van der Waals surface area contributed by atoms with Crippen molar-refractivity contribution < 1.29 is 9.84 Å². The van der Waals surface area contributed by atoms with Gasteiger partial charge in [-0.15, -0.1) is 11.3 Å². The average Bonchev–Trinajstić information content (AvgIpc) is 2.82. The molecule has 96 valence electrons. The van der Waals surface area contributed by atoms with Crippen LogP contribution >= 0.6 is 11.3 Å². The van der Waals surface area contributed by atoms with Gasteiger partial charge < -0.3 is 9.84 Å². The van der Waals surface area contributed by atoms with E-state index in [0.29, 0.717) is 6.42 Å². The SMILES string of the molecule is CC(C)Oc1ccc(C(O)Cc2nccs2)cc1. The van der Waals surface area contributed by atoms with E-state index in [-0.39, 0.29) is 6.10 Å². The molecule has 1 heterocycles. The Kier molecular flexibility index (Phi) is 4.33. The molecule has 0 amide bonds. The molecule has 0 fully saturated rings. The lowest BCUT2D eigenvalue weighted by atomic mass is 10.1. The van der Waals surface area contributed by atoms with Crippen molar-refractivity contribution >= 4 is 11.3 Å². The number of aromatic nitrogens is 1. The van der Waals surface area contributed by atoms with Gasteiger partial charge in [0.15, 0.2) is 0 Å². The Morgan fingerprint density at radius 1 is 1.28 bits per heavy atom. The van der Waals surface area contributed by atoms with E-state index in [2.05, 4.69) is 4.98 Å². The van der Waals surface area contributed by atoms with Gasteiger partial charge in [0.25, 0.3) is 0 Å². The Hall–Kier alpha value is -1.39. The fraction of sp³-hybridized carbons (Fsp3) is 0.357. The van der Waals surface area contributed by atoms with E-state index >= 15 is 0 Å². The molecule has 0 aliphatic rings. The average molecular weight is 263 g/mol. The summed E-state index contributed by atoms with van der Waals surface area (Å²) in [5.74, 6) is 0.829. The summed E-state index contributed by atoms with van der Waals surface area (Å²) in [6, 6.07) is 7.58. The summed E-state index contributed by atoms with van der Waals surface area (Å²) in [5.41, 5.74) is 0.890. The molecule has 0 saturated carbocycles. The molecule has 1 atom stereocenters. The monoisotopic (exact) mass is 263 g/mol. The van der Waals surface area contributed by atoms with Gasteiger partial charge in [-0.25, -0.2) is 4.98 Å². The second-order valence-corrected chi connectivity index (χ2v) is 5.36. The number of nitrogens with zero attached hydrogens (tertiary/aromatic N) is 1. The van der Waals surface area contributed by atoms with E-state index < -0.39 is 6.10 Å². The molecule has 3 nitrogen and oxygen atoms in total. The lowest BCUT2D eigenvalue weighted by molar-refractivity contribution is 0.178. The zero-order chi connectivity index (χ0) is 13.0. The maximum atomic E-state index is 10.1. The summed E-state index contributed by atoms with van der Waals surface area (Å²) in [6.45, 7) is 3.98. The number of hydrogen-bond acceptors (Lipinski definition) is 4. The van der Waals surface area contributed by atoms with Crippen molar-refractivity contribution in [2.75, 3.05) is 0 Å². The molecule has 0 aliphatic heterocycles. The van der Waals surface area contributed by atoms with Crippen molar-refractivity contribution in [3.05, 3.63) is 46.4 Å². The number of rotatable bonds is 5. The molecule has 0 saturated heterocycles. The third-order valence-corrected chi connectivity index (χ3v) is 3.29. The van der Waals surface area contributed by atoms with Gasteiger partial charge in [0.1, 0.15) is 5.75 Å². The molecule has 0 bridgehead atoms. The predicted molar refractivity (Wildman–Crippen MR) is 73.0 cm³/mol. The molecule has 1 aromatic carbocycles. The lowest BCUT2D eigenvalue weighted by Gasteiger charge is -2.12. The standard InChI is InChI=1S/C14H17NO2S/c1-10(2)17-12-5-3-11(4-6-12)13(16)9-14-15-7-8-18-14/h3-8,10,13,16H,9H2,1-2H3. The fourth-order valence-corrected chi connectivity index (χ4v) is 2.33. The summed E-state index contributed by atoms with van der Waals surface area (Å²) >= 11 is 1.56. The van der Waals surface area contributed by atoms with Crippen LogP contribution in [0.15, 0.2) is 35.8 Å². The molecule has 0 spiro atoms. The van der Waals surface area contributed by atoms with Gasteiger partial charge >= 0.3 is 0 Å². The van der Waals surface area contributed by atoms with Gasteiger partial charge in [0.05, 0.1) is 17.2 Å². The summed E-state index contributed by atoms with van der Waals surface area (Å²) in [7, 11) is 0. The van der Waals surface area contributed by atoms with Crippen molar-refractivity contribution in [3.8, 4) is 5.75 Å². The highest BCUT2D eigenvalue weighted by Gasteiger charge is 2.10. The number of thiazole rings is 1. The molecule has 1 aromatic heterocycles. The summed E-state index contributed by atoms with van der Waals surface area (Å²) in [5, 5.41) is 13.0. The molecule has 2 rings (SSSR count). The highest BCUT2D eigenvalue weighted by atomic mass is 32.1. The summed E-state index contributed by atoms with van der Waals surface area (Å²) in [4.78, 5) is 4.17. The van der Waals surface area contributed by atoms with E-state index in [1.54, 1.807) is 17.5 Å². The molecule has 4 heteroatoms. The first-order valence-electron chi connectivity index (χ1n) is 5.98. The first kappa shape index (κ1) is 13.1. The minimum absolute atomic E-state index is 0.163.